The van der Waals surface area contributed by atoms with Crippen molar-refractivity contribution in [2.75, 3.05) is 26.2 Å². The number of morpholine rings is 1. The van der Waals surface area contributed by atoms with E-state index in [4.69, 9.17) is 9.73 Å². The standard InChI is InChI=1S/C23H34N6O2.HI/c1-5-17(3)27-22(30)19-9-7-8-18(12-19)13-25-23(24-6-2)29-10-11-31-21(16-29)20-14-26-28(4)15-20;/h7-9,12,14-15,17,21H,5-6,10-11,13,16H2,1-4H3,(H,24,25)(H,27,30);1H. The van der Waals surface area contributed by atoms with E-state index in [9.17, 15) is 4.79 Å². The number of nitrogens with zero attached hydrogens (tertiary/aromatic N) is 4. The molecule has 1 aliphatic heterocycles. The molecule has 32 heavy (non-hydrogen) atoms. The van der Waals surface area contributed by atoms with E-state index in [1.807, 2.05) is 50.6 Å². The van der Waals surface area contributed by atoms with Gasteiger partial charge in [0.05, 0.1) is 25.9 Å². The Labute approximate surface area is 207 Å². The lowest BCUT2D eigenvalue weighted by molar-refractivity contribution is -0.00805. The van der Waals surface area contributed by atoms with Gasteiger partial charge in [0, 0.05) is 43.5 Å². The highest BCUT2D eigenvalue weighted by Crippen LogP contribution is 2.21. The van der Waals surface area contributed by atoms with Gasteiger partial charge in [-0.2, -0.15) is 5.10 Å². The molecule has 2 unspecified atom stereocenters. The summed E-state index contributed by atoms with van der Waals surface area (Å²) in [6, 6.07) is 7.84. The fourth-order valence-electron chi connectivity index (χ4n) is 3.46. The van der Waals surface area contributed by atoms with Crippen LogP contribution in [-0.2, 0) is 18.3 Å². The van der Waals surface area contributed by atoms with Crippen molar-refractivity contribution in [1.29, 1.82) is 0 Å². The van der Waals surface area contributed by atoms with Crippen LogP contribution in [0.3, 0.4) is 0 Å². The van der Waals surface area contributed by atoms with E-state index in [0.29, 0.717) is 18.7 Å². The first-order chi connectivity index (χ1) is 15.0. The number of carbonyl (C=O) groups excluding carboxylic acids is 1. The van der Waals surface area contributed by atoms with Gasteiger partial charge < -0.3 is 20.3 Å². The smallest absolute Gasteiger partial charge is 0.251 e. The Morgan fingerprint density at radius 3 is 2.88 bits per heavy atom. The topological polar surface area (TPSA) is 83.8 Å². The number of rotatable bonds is 7. The van der Waals surface area contributed by atoms with Crippen LogP contribution in [0.15, 0.2) is 41.7 Å². The summed E-state index contributed by atoms with van der Waals surface area (Å²) in [7, 11) is 1.91. The van der Waals surface area contributed by atoms with Crippen LogP contribution in [0.25, 0.3) is 0 Å². The van der Waals surface area contributed by atoms with E-state index >= 15 is 0 Å². The number of hydrogen-bond acceptors (Lipinski definition) is 4. The first-order valence-corrected chi connectivity index (χ1v) is 11.0. The Kier molecular flexibility index (Phi) is 10.4. The highest BCUT2D eigenvalue weighted by Gasteiger charge is 2.25. The number of aryl methyl sites for hydroxylation is 1. The van der Waals surface area contributed by atoms with Gasteiger partial charge >= 0.3 is 0 Å². The number of nitrogens with one attached hydrogen (secondary N) is 2. The zero-order valence-corrected chi connectivity index (χ0v) is 21.7. The summed E-state index contributed by atoms with van der Waals surface area (Å²) in [4.78, 5) is 19.5. The third-order valence-electron chi connectivity index (χ3n) is 5.39. The number of aromatic nitrogens is 2. The molecule has 9 heteroatoms. The Hall–Kier alpha value is -2.14. The largest absolute Gasteiger partial charge is 0.370 e. The Morgan fingerprint density at radius 2 is 2.19 bits per heavy atom. The van der Waals surface area contributed by atoms with Gasteiger partial charge in [-0.3, -0.25) is 9.48 Å². The van der Waals surface area contributed by atoms with E-state index in [1.165, 1.54) is 0 Å². The van der Waals surface area contributed by atoms with Crippen LogP contribution in [0.4, 0.5) is 0 Å². The third-order valence-corrected chi connectivity index (χ3v) is 5.39. The molecular weight excluding hydrogens is 519 g/mol. The molecule has 1 fully saturated rings. The van der Waals surface area contributed by atoms with Gasteiger partial charge in [-0.1, -0.05) is 19.1 Å². The lowest BCUT2D eigenvalue weighted by Crippen LogP contribution is -2.48. The second-order valence-corrected chi connectivity index (χ2v) is 7.91. The van der Waals surface area contributed by atoms with Gasteiger partial charge in [-0.25, -0.2) is 4.99 Å². The van der Waals surface area contributed by atoms with E-state index in [-0.39, 0.29) is 42.0 Å². The molecule has 2 atom stereocenters. The highest BCUT2D eigenvalue weighted by molar-refractivity contribution is 14.0. The molecule has 0 saturated carbocycles. The van der Waals surface area contributed by atoms with Crippen LogP contribution >= 0.6 is 24.0 Å². The quantitative estimate of drug-likeness (QED) is 0.312. The number of aliphatic imine (C=N–C) groups is 1. The summed E-state index contributed by atoms with van der Waals surface area (Å²) in [6.45, 7) is 9.55. The van der Waals surface area contributed by atoms with Crippen molar-refractivity contribution in [1.82, 2.24) is 25.3 Å². The average Bonchev–Trinajstić information content (AvgIpc) is 3.23. The summed E-state index contributed by atoms with van der Waals surface area (Å²) in [5.74, 6) is 0.814. The van der Waals surface area contributed by atoms with Crippen LogP contribution < -0.4 is 10.6 Å². The Morgan fingerprint density at radius 1 is 1.38 bits per heavy atom. The van der Waals surface area contributed by atoms with Crippen molar-refractivity contribution >= 4 is 35.8 Å². The summed E-state index contributed by atoms with van der Waals surface area (Å²) >= 11 is 0. The van der Waals surface area contributed by atoms with E-state index in [2.05, 4.69) is 34.5 Å². The molecule has 1 aromatic carbocycles. The fourth-order valence-corrected chi connectivity index (χ4v) is 3.46. The van der Waals surface area contributed by atoms with Crippen LogP contribution in [0, 0.1) is 0 Å². The number of guanidine groups is 1. The molecule has 3 rings (SSSR count). The molecule has 0 aliphatic carbocycles. The van der Waals surface area contributed by atoms with Crippen molar-refractivity contribution in [3.05, 3.63) is 53.3 Å². The van der Waals surface area contributed by atoms with Crippen molar-refractivity contribution in [3.63, 3.8) is 0 Å². The highest BCUT2D eigenvalue weighted by atomic mass is 127. The molecule has 0 radical (unpaired) electrons. The first-order valence-electron chi connectivity index (χ1n) is 11.0. The molecule has 8 nitrogen and oxygen atoms in total. The first kappa shape index (κ1) is 26.1. The fraction of sp³-hybridized carbons (Fsp3) is 0.522. The maximum atomic E-state index is 12.4. The number of hydrogen-bond donors (Lipinski definition) is 2. The molecule has 2 aromatic rings. The van der Waals surface area contributed by atoms with Gasteiger partial charge in [0.1, 0.15) is 6.10 Å². The zero-order valence-electron chi connectivity index (χ0n) is 19.4. The zero-order chi connectivity index (χ0) is 22.2. The maximum absolute atomic E-state index is 12.4. The summed E-state index contributed by atoms with van der Waals surface area (Å²) in [5.41, 5.74) is 2.74. The minimum absolute atomic E-state index is 0. The second kappa shape index (κ2) is 12.8. The molecular formula is C23H35IN6O2. The van der Waals surface area contributed by atoms with Crippen molar-refractivity contribution in [2.24, 2.45) is 12.0 Å². The monoisotopic (exact) mass is 554 g/mol. The third kappa shape index (κ3) is 7.19. The summed E-state index contributed by atoms with van der Waals surface area (Å²) < 4.78 is 7.75. The Bertz CT molecular complexity index is 900. The molecule has 2 N–H and O–H groups in total. The van der Waals surface area contributed by atoms with Crippen molar-refractivity contribution < 1.29 is 9.53 Å². The van der Waals surface area contributed by atoms with E-state index < -0.39 is 0 Å². The lowest BCUT2D eigenvalue weighted by atomic mass is 10.1. The van der Waals surface area contributed by atoms with Gasteiger partial charge in [0.15, 0.2) is 5.96 Å². The normalized spacial score (nSPS) is 17.4. The molecule has 1 saturated heterocycles. The molecule has 1 amide bonds. The second-order valence-electron chi connectivity index (χ2n) is 7.91. The van der Waals surface area contributed by atoms with Gasteiger partial charge in [0.2, 0.25) is 0 Å². The average molecular weight is 554 g/mol. The number of carbonyl (C=O) groups is 1. The number of amides is 1. The molecule has 176 valence electrons. The Balaban J connectivity index is 0.00000363. The predicted octanol–water partition coefficient (Wildman–Crippen LogP) is 3.11. The number of ether oxygens (including phenoxy) is 1. The van der Waals surface area contributed by atoms with Gasteiger partial charge in [-0.05, 0) is 38.0 Å². The van der Waals surface area contributed by atoms with Gasteiger partial charge in [-0.15, -0.1) is 24.0 Å². The molecule has 0 bridgehead atoms. The van der Waals surface area contributed by atoms with E-state index in [0.717, 1.165) is 43.1 Å². The van der Waals surface area contributed by atoms with Crippen molar-refractivity contribution in [2.45, 2.75) is 45.9 Å². The van der Waals surface area contributed by atoms with Gasteiger partial charge in [0.25, 0.3) is 5.91 Å². The van der Waals surface area contributed by atoms with Crippen molar-refractivity contribution in [3.8, 4) is 0 Å². The van der Waals surface area contributed by atoms with E-state index in [1.54, 1.807) is 4.68 Å². The number of benzene rings is 1. The minimum Gasteiger partial charge on any atom is -0.370 e. The minimum atomic E-state index is -0.0421. The molecule has 2 heterocycles. The summed E-state index contributed by atoms with van der Waals surface area (Å²) in [5, 5.41) is 10.7. The summed E-state index contributed by atoms with van der Waals surface area (Å²) in [6.07, 6.45) is 4.72. The molecule has 1 aliphatic rings. The van der Waals surface area contributed by atoms with Crippen LogP contribution in [0.5, 0.6) is 0 Å². The van der Waals surface area contributed by atoms with Crippen LogP contribution in [0.2, 0.25) is 0 Å². The lowest BCUT2D eigenvalue weighted by Gasteiger charge is -2.34. The van der Waals surface area contributed by atoms with Crippen LogP contribution in [-0.4, -0.2) is 58.8 Å². The maximum Gasteiger partial charge on any atom is 0.251 e. The predicted molar refractivity (Wildman–Crippen MR) is 137 cm³/mol. The van der Waals surface area contributed by atoms with Crippen LogP contribution in [0.1, 0.15) is 54.8 Å². The SMILES string of the molecule is CCNC(=NCc1cccc(C(=O)NC(C)CC)c1)N1CCOC(c2cnn(C)c2)C1.I. The molecule has 0 spiro atoms. The molecule has 1 aromatic heterocycles. The number of halogens is 1.